The third-order valence-electron chi connectivity index (χ3n) is 5.57. The highest BCUT2D eigenvalue weighted by molar-refractivity contribution is 7.19. The highest BCUT2D eigenvalue weighted by Crippen LogP contribution is 2.44. The average molecular weight is 396 g/mol. The number of nitrogens with one attached hydrogen (secondary N) is 1. The number of nitrogens with zero attached hydrogens (tertiary/aromatic N) is 2. The fraction of sp³-hybridized carbons (Fsp3) is 0.478. The van der Waals surface area contributed by atoms with E-state index in [1.165, 1.54) is 22.2 Å². The summed E-state index contributed by atoms with van der Waals surface area (Å²) in [6.45, 7) is 11.2. The molecule has 1 unspecified atom stereocenters. The Balaban J connectivity index is 1.72. The normalized spacial score (nSPS) is 17.0. The number of para-hydroxylation sites is 2. The smallest absolute Gasteiger partial charge is 0.143 e. The molecule has 4 rings (SSSR count). The van der Waals surface area contributed by atoms with Crippen LogP contribution in [0.25, 0.3) is 10.2 Å². The minimum atomic E-state index is 0.122. The summed E-state index contributed by atoms with van der Waals surface area (Å²) in [5.41, 5.74) is 2.72. The first-order chi connectivity index (χ1) is 13.3. The molecule has 0 amide bonds. The van der Waals surface area contributed by atoms with E-state index < -0.39 is 0 Å². The van der Waals surface area contributed by atoms with Gasteiger partial charge in [0.05, 0.1) is 17.2 Å². The molecule has 28 heavy (non-hydrogen) atoms. The second kappa shape index (κ2) is 7.36. The molecule has 0 fully saturated rings. The molecule has 3 aromatic rings. The van der Waals surface area contributed by atoms with E-state index in [0.29, 0.717) is 5.41 Å². The van der Waals surface area contributed by atoms with Crippen LogP contribution in [0.15, 0.2) is 30.6 Å². The summed E-state index contributed by atoms with van der Waals surface area (Å²) >= 11 is 1.84. The van der Waals surface area contributed by atoms with Crippen molar-refractivity contribution in [2.75, 3.05) is 5.32 Å². The zero-order valence-corrected chi connectivity index (χ0v) is 18.2. The minimum Gasteiger partial charge on any atom is -0.489 e. The number of anilines is 2. The van der Waals surface area contributed by atoms with E-state index in [-0.39, 0.29) is 6.10 Å². The van der Waals surface area contributed by atoms with E-state index in [1.54, 1.807) is 6.33 Å². The van der Waals surface area contributed by atoms with E-state index in [1.807, 2.05) is 49.4 Å². The van der Waals surface area contributed by atoms with Crippen molar-refractivity contribution in [1.29, 1.82) is 0 Å². The molecule has 1 aliphatic rings. The van der Waals surface area contributed by atoms with Crippen LogP contribution in [0.2, 0.25) is 0 Å². The van der Waals surface area contributed by atoms with Gasteiger partial charge in [-0.25, -0.2) is 9.97 Å². The van der Waals surface area contributed by atoms with Crippen molar-refractivity contribution in [3.63, 3.8) is 0 Å². The molecule has 0 saturated carbocycles. The molecule has 0 spiro atoms. The summed E-state index contributed by atoms with van der Waals surface area (Å²) in [6, 6.07) is 8.06. The Morgan fingerprint density at radius 3 is 2.71 bits per heavy atom. The van der Waals surface area contributed by atoms with Gasteiger partial charge in [0.25, 0.3) is 0 Å². The van der Waals surface area contributed by atoms with E-state index >= 15 is 0 Å². The molecule has 0 aliphatic heterocycles. The molecule has 1 aliphatic carbocycles. The van der Waals surface area contributed by atoms with Gasteiger partial charge < -0.3 is 10.1 Å². The molecule has 4 nitrogen and oxygen atoms in total. The predicted octanol–water partition coefficient (Wildman–Crippen LogP) is 6.37. The summed E-state index contributed by atoms with van der Waals surface area (Å²) in [5.74, 6) is 2.45. The number of hydrogen-bond acceptors (Lipinski definition) is 5. The molecule has 148 valence electrons. The Hall–Kier alpha value is -2.14. The molecule has 0 saturated heterocycles. The number of benzene rings is 1. The number of fused-ring (bicyclic) bond motifs is 3. The number of hydrogen-bond donors (Lipinski definition) is 1. The summed E-state index contributed by atoms with van der Waals surface area (Å²) in [6.07, 6.45) is 5.26. The van der Waals surface area contributed by atoms with Crippen molar-refractivity contribution >= 4 is 33.1 Å². The quantitative estimate of drug-likeness (QED) is 0.557. The number of thiophene rings is 1. The molecule has 0 radical (unpaired) electrons. The van der Waals surface area contributed by atoms with Gasteiger partial charge in [0.2, 0.25) is 0 Å². The zero-order chi connectivity index (χ0) is 19.9. The second-order valence-corrected chi connectivity index (χ2v) is 10.1. The molecule has 2 heterocycles. The number of ether oxygens (including phenoxy) is 1. The van der Waals surface area contributed by atoms with Crippen LogP contribution in [-0.2, 0) is 12.8 Å². The van der Waals surface area contributed by atoms with Crippen LogP contribution in [0.1, 0.15) is 51.5 Å². The van der Waals surface area contributed by atoms with Crippen molar-refractivity contribution in [3.8, 4) is 5.75 Å². The third-order valence-corrected chi connectivity index (χ3v) is 6.74. The van der Waals surface area contributed by atoms with Crippen LogP contribution in [0, 0.1) is 11.3 Å². The molecular weight excluding hydrogens is 366 g/mol. The maximum absolute atomic E-state index is 5.97. The van der Waals surface area contributed by atoms with Gasteiger partial charge in [-0.15, -0.1) is 11.3 Å². The largest absolute Gasteiger partial charge is 0.489 e. The molecule has 0 bridgehead atoms. The average Bonchev–Trinajstić information content (AvgIpc) is 3.01. The van der Waals surface area contributed by atoms with Crippen LogP contribution in [0.5, 0.6) is 5.75 Å². The van der Waals surface area contributed by atoms with Crippen molar-refractivity contribution in [1.82, 2.24) is 9.97 Å². The van der Waals surface area contributed by atoms with E-state index in [9.17, 15) is 0 Å². The highest BCUT2D eigenvalue weighted by atomic mass is 32.1. The first-order valence-corrected chi connectivity index (χ1v) is 10.9. The fourth-order valence-corrected chi connectivity index (χ4v) is 5.27. The van der Waals surface area contributed by atoms with E-state index in [4.69, 9.17) is 4.74 Å². The lowest BCUT2D eigenvalue weighted by Gasteiger charge is -2.33. The summed E-state index contributed by atoms with van der Waals surface area (Å²) in [4.78, 5) is 11.7. The van der Waals surface area contributed by atoms with Gasteiger partial charge in [-0.2, -0.15) is 0 Å². The van der Waals surface area contributed by atoms with Gasteiger partial charge in [-0.3, -0.25) is 0 Å². The van der Waals surface area contributed by atoms with Gasteiger partial charge in [0.1, 0.15) is 22.7 Å². The van der Waals surface area contributed by atoms with Crippen molar-refractivity contribution < 1.29 is 4.74 Å². The molecule has 1 atom stereocenters. The topological polar surface area (TPSA) is 47.0 Å². The van der Waals surface area contributed by atoms with Crippen molar-refractivity contribution in [2.24, 2.45) is 11.3 Å². The lowest BCUT2D eigenvalue weighted by Crippen LogP contribution is -2.26. The molecule has 5 heteroatoms. The Bertz CT molecular complexity index is 987. The number of aryl methyl sites for hydroxylation is 1. The summed E-state index contributed by atoms with van der Waals surface area (Å²) < 4.78 is 5.97. The number of rotatable bonds is 4. The Morgan fingerprint density at radius 1 is 1.18 bits per heavy atom. The maximum Gasteiger partial charge on any atom is 0.143 e. The van der Waals surface area contributed by atoms with Crippen LogP contribution >= 0.6 is 11.3 Å². The third kappa shape index (κ3) is 3.72. The van der Waals surface area contributed by atoms with Crippen LogP contribution in [-0.4, -0.2) is 16.1 Å². The van der Waals surface area contributed by atoms with Crippen LogP contribution in [0.3, 0.4) is 0 Å². The Morgan fingerprint density at radius 2 is 1.96 bits per heavy atom. The number of aromatic nitrogens is 2. The van der Waals surface area contributed by atoms with E-state index in [2.05, 4.69) is 36.1 Å². The molecule has 1 N–H and O–H groups in total. The maximum atomic E-state index is 5.97. The molecular formula is C23H29N3OS. The van der Waals surface area contributed by atoms with Gasteiger partial charge in [-0.05, 0) is 62.1 Å². The van der Waals surface area contributed by atoms with Crippen molar-refractivity contribution in [2.45, 2.75) is 60.0 Å². The van der Waals surface area contributed by atoms with Gasteiger partial charge >= 0.3 is 0 Å². The molecule has 1 aromatic carbocycles. The summed E-state index contributed by atoms with van der Waals surface area (Å²) in [7, 11) is 0. The predicted molar refractivity (Wildman–Crippen MR) is 118 cm³/mol. The fourth-order valence-electron chi connectivity index (χ4n) is 4.00. The van der Waals surface area contributed by atoms with Crippen LogP contribution in [0.4, 0.5) is 11.5 Å². The first kappa shape index (κ1) is 19.2. The highest BCUT2D eigenvalue weighted by Gasteiger charge is 2.31. The van der Waals surface area contributed by atoms with Crippen molar-refractivity contribution in [3.05, 3.63) is 41.0 Å². The standard InChI is InChI=1S/C23H29N3OS/c1-14(2)27-18-9-7-6-8-17(18)26-21-20-16-11-10-15(23(3,4)5)12-19(16)28-22(20)25-13-24-21/h6-9,13-15H,10-12H2,1-5H3,(H,24,25,26). The summed E-state index contributed by atoms with van der Waals surface area (Å²) in [5, 5.41) is 4.72. The van der Waals surface area contributed by atoms with Gasteiger partial charge in [0, 0.05) is 4.88 Å². The SMILES string of the molecule is CC(C)Oc1ccccc1Nc1ncnc2sc3c(c12)CCC(C(C)(C)C)C3. The van der Waals surface area contributed by atoms with Gasteiger partial charge in [0.15, 0.2) is 0 Å². The van der Waals surface area contributed by atoms with Crippen LogP contribution < -0.4 is 10.1 Å². The van der Waals surface area contributed by atoms with E-state index in [0.717, 1.165) is 40.8 Å². The zero-order valence-electron chi connectivity index (χ0n) is 17.4. The minimum absolute atomic E-state index is 0.122. The lowest BCUT2D eigenvalue weighted by atomic mass is 9.72. The first-order valence-electron chi connectivity index (χ1n) is 10.1. The Kier molecular flexibility index (Phi) is 5.04. The monoisotopic (exact) mass is 395 g/mol. The van der Waals surface area contributed by atoms with Gasteiger partial charge in [-0.1, -0.05) is 32.9 Å². The molecule has 2 aromatic heterocycles. The lowest BCUT2D eigenvalue weighted by molar-refractivity contribution is 0.218. The second-order valence-electron chi connectivity index (χ2n) is 9.00. The Labute approximate surface area is 171 Å².